The molecule has 1 aliphatic rings. The quantitative estimate of drug-likeness (QED) is 0.214. The monoisotopic (exact) mass is 354 g/mol. The van der Waals surface area contributed by atoms with Crippen LogP contribution in [-0.4, -0.2) is 62.5 Å². The maximum absolute atomic E-state index is 10.6. The van der Waals surface area contributed by atoms with Crippen molar-refractivity contribution in [1.29, 1.82) is 0 Å². The molecule has 8 nitrogen and oxygen atoms in total. The lowest BCUT2D eigenvalue weighted by Crippen LogP contribution is -3.14. The number of nitro benzene ring substituents is 1. The van der Waals surface area contributed by atoms with Crippen LogP contribution in [0.15, 0.2) is 24.3 Å². The zero-order valence-corrected chi connectivity index (χ0v) is 14.4. The minimum Gasteiger partial charge on any atom is -0.383 e. The van der Waals surface area contributed by atoms with E-state index < -0.39 is 4.92 Å². The number of rotatable bonds is 8. The minimum atomic E-state index is -0.409. The van der Waals surface area contributed by atoms with Gasteiger partial charge in [-0.2, -0.15) is 0 Å². The molecule has 0 unspecified atom stereocenters. The Morgan fingerprint density at radius 1 is 1.17 bits per heavy atom. The molecule has 2 rings (SSSR count). The molecule has 0 aromatic heterocycles. The van der Waals surface area contributed by atoms with Gasteiger partial charge in [0.2, 0.25) is 0 Å². The highest BCUT2D eigenvalue weighted by molar-refractivity contribution is 7.80. The van der Waals surface area contributed by atoms with E-state index >= 15 is 0 Å². The van der Waals surface area contributed by atoms with E-state index in [9.17, 15) is 10.1 Å². The number of hydrogen-bond acceptors (Lipinski definition) is 5. The summed E-state index contributed by atoms with van der Waals surface area (Å²) in [7, 11) is 0. The van der Waals surface area contributed by atoms with Crippen LogP contribution in [0.1, 0.15) is 0 Å². The zero-order chi connectivity index (χ0) is 17.2. The van der Waals surface area contributed by atoms with Crippen LogP contribution in [0.4, 0.5) is 11.4 Å². The van der Waals surface area contributed by atoms with E-state index in [4.69, 9.17) is 17.0 Å². The van der Waals surface area contributed by atoms with Crippen molar-refractivity contribution in [3.8, 4) is 0 Å². The van der Waals surface area contributed by atoms with Crippen LogP contribution < -0.4 is 20.9 Å². The smallest absolute Gasteiger partial charge is 0.269 e. The number of morpholine rings is 1. The number of benzene rings is 1. The molecule has 0 atom stereocenters. The van der Waals surface area contributed by atoms with Crippen LogP contribution in [0.5, 0.6) is 0 Å². The predicted molar refractivity (Wildman–Crippen MR) is 96.6 cm³/mol. The molecule has 1 aromatic carbocycles. The average Bonchev–Trinajstić information content (AvgIpc) is 2.60. The number of quaternary nitrogens is 1. The molecule has 1 saturated heterocycles. The first-order valence-electron chi connectivity index (χ1n) is 8.06. The predicted octanol–water partition coefficient (Wildman–Crippen LogP) is -0.614. The van der Waals surface area contributed by atoms with Gasteiger partial charge in [-0.25, -0.2) is 0 Å². The second-order valence-electron chi connectivity index (χ2n) is 5.53. The molecule has 0 spiro atoms. The number of hydrogen-bond donors (Lipinski definition) is 4. The van der Waals surface area contributed by atoms with Gasteiger partial charge in [-0.1, -0.05) is 0 Å². The lowest BCUT2D eigenvalue weighted by molar-refractivity contribution is -0.906. The third-order valence-electron chi connectivity index (χ3n) is 3.78. The Balaban J connectivity index is 1.53. The van der Waals surface area contributed by atoms with E-state index in [1.165, 1.54) is 17.0 Å². The Kier molecular flexibility index (Phi) is 7.66. The maximum atomic E-state index is 10.6. The molecular formula is C15H24N5O3S+. The van der Waals surface area contributed by atoms with E-state index in [0.717, 1.165) is 45.1 Å². The molecule has 4 N–H and O–H groups in total. The fourth-order valence-electron chi connectivity index (χ4n) is 2.41. The number of nitro groups is 1. The van der Waals surface area contributed by atoms with Crippen molar-refractivity contribution in [2.24, 2.45) is 0 Å². The van der Waals surface area contributed by atoms with E-state index in [1.54, 1.807) is 12.1 Å². The Bertz CT molecular complexity index is 534. The molecular weight excluding hydrogens is 330 g/mol. The van der Waals surface area contributed by atoms with Gasteiger partial charge in [-0.15, -0.1) is 0 Å². The van der Waals surface area contributed by atoms with Crippen LogP contribution in [0, 0.1) is 10.1 Å². The standard InChI is InChI=1S/C15H23N5O3S/c21-20(22)14-3-1-13(2-4-14)16-5-6-17-15(24)18-7-8-19-9-11-23-12-10-19/h1-4,16H,5-12H2,(H2,17,18,24)/p+1. The second kappa shape index (κ2) is 10.0. The van der Waals surface area contributed by atoms with Crippen LogP contribution in [0.25, 0.3) is 0 Å². The Hall–Kier alpha value is -1.97. The number of ether oxygens (including phenoxy) is 1. The third-order valence-corrected chi connectivity index (χ3v) is 4.07. The largest absolute Gasteiger partial charge is 0.383 e. The Labute approximate surface area is 146 Å². The normalized spacial score (nSPS) is 14.8. The summed E-state index contributed by atoms with van der Waals surface area (Å²) in [6, 6.07) is 6.35. The number of nitrogens with one attached hydrogen (secondary N) is 4. The van der Waals surface area contributed by atoms with Gasteiger partial charge in [0.15, 0.2) is 5.11 Å². The number of thiocarbonyl (C=S) groups is 1. The summed E-state index contributed by atoms with van der Waals surface area (Å²) in [6.45, 7) is 7.02. The molecule has 132 valence electrons. The molecule has 9 heteroatoms. The fourth-order valence-corrected chi connectivity index (χ4v) is 2.61. The molecule has 0 amide bonds. The van der Waals surface area contributed by atoms with Gasteiger partial charge in [0.25, 0.3) is 5.69 Å². The average molecular weight is 354 g/mol. The van der Waals surface area contributed by atoms with Crippen molar-refractivity contribution in [3.63, 3.8) is 0 Å². The van der Waals surface area contributed by atoms with Crippen molar-refractivity contribution < 1.29 is 14.6 Å². The minimum absolute atomic E-state index is 0.0893. The van der Waals surface area contributed by atoms with Crippen molar-refractivity contribution in [2.45, 2.75) is 0 Å². The molecule has 1 aromatic rings. The van der Waals surface area contributed by atoms with Crippen LogP contribution in [0.2, 0.25) is 0 Å². The highest BCUT2D eigenvalue weighted by atomic mass is 32.1. The fraction of sp³-hybridized carbons (Fsp3) is 0.533. The van der Waals surface area contributed by atoms with Crippen LogP contribution in [-0.2, 0) is 4.74 Å². The highest BCUT2D eigenvalue weighted by Gasteiger charge is 2.12. The van der Waals surface area contributed by atoms with Gasteiger partial charge < -0.3 is 25.6 Å². The molecule has 0 bridgehead atoms. The summed E-state index contributed by atoms with van der Waals surface area (Å²) in [5.41, 5.74) is 0.934. The third kappa shape index (κ3) is 6.65. The molecule has 0 saturated carbocycles. The summed E-state index contributed by atoms with van der Waals surface area (Å²) < 4.78 is 5.33. The summed E-state index contributed by atoms with van der Waals surface area (Å²) in [5.74, 6) is 0. The molecule has 24 heavy (non-hydrogen) atoms. The van der Waals surface area contributed by atoms with E-state index in [-0.39, 0.29) is 5.69 Å². The van der Waals surface area contributed by atoms with Crippen molar-refractivity contribution in [1.82, 2.24) is 10.6 Å². The van der Waals surface area contributed by atoms with Crippen LogP contribution >= 0.6 is 12.2 Å². The summed E-state index contributed by atoms with van der Waals surface area (Å²) in [6.07, 6.45) is 0. The first-order valence-corrected chi connectivity index (χ1v) is 8.47. The zero-order valence-electron chi connectivity index (χ0n) is 13.5. The first kappa shape index (κ1) is 18.4. The molecule has 1 aliphatic heterocycles. The summed E-state index contributed by atoms with van der Waals surface area (Å²) >= 11 is 5.24. The van der Waals surface area contributed by atoms with Crippen molar-refractivity contribution >= 4 is 28.7 Å². The van der Waals surface area contributed by atoms with E-state index in [1.807, 2.05) is 0 Å². The summed E-state index contributed by atoms with van der Waals surface area (Å²) in [5, 5.41) is 20.8. The van der Waals surface area contributed by atoms with Crippen LogP contribution in [0.3, 0.4) is 0 Å². The molecule has 1 fully saturated rings. The highest BCUT2D eigenvalue weighted by Crippen LogP contribution is 2.14. The molecule has 0 radical (unpaired) electrons. The van der Waals surface area contributed by atoms with Crippen molar-refractivity contribution in [3.05, 3.63) is 34.4 Å². The van der Waals surface area contributed by atoms with Gasteiger partial charge in [-0.05, 0) is 24.4 Å². The van der Waals surface area contributed by atoms with Gasteiger partial charge in [0.1, 0.15) is 13.1 Å². The van der Waals surface area contributed by atoms with Gasteiger partial charge >= 0.3 is 0 Å². The van der Waals surface area contributed by atoms with Gasteiger partial charge in [0, 0.05) is 30.9 Å². The van der Waals surface area contributed by atoms with E-state index in [2.05, 4.69) is 16.0 Å². The first-order chi connectivity index (χ1) is 11.6. The Morgan fingerprint density at radius 2 is 1.83 bits per heavy atom. The SMILES string of the molecule is O=[N+]([O-])c1ccc(NCCNC(=S)NCC[NH+]2CCOCC2)cc1. The van der Waals surface area contributed by atoms with Gasteiger partial charge in [-0.3, -0.25) is 10.1 Å². The number of non-ortho nitro benzene ring substituents is 1. The molecule has 1 heterocycles. The number of anilines is 1. The van der Waals surface area contributed by atoms with Gasteiger partial charge in [0.05, 0.1) is 31.2 Å². The summed E-state index contributed by atoms with van der Waals surface area (Å²) in [4.78, 5) is 11.7. The van der Waals surface area contributed by atoms with E-state index in [0.29, 0.717) is 18.2 Å². The second-order valence-corrected chi connectivity index (χ2v) is 5.93. The lowest BCUT2D eigenvalue weighted by Gasteiger charge is -2.24. The van der Waals surface area contributed by atoms with Crippen molar-refractivity contribution in [2.75, 3.05) is 57.8 Å². The Morgan fingerprint density at radius 3 is 2.50 bits per heavy atom. The molecule has 0 aliphatic carbocycles. The topological polar surface area (TPSA) is 92.9 Å². The lowest BCUT2D eigenvalue weighted by atomic mass is 10.3. The number of nitrogens with zero attached hydrogens (tertiary/aromatic N) is 1. The maximum Gasteiger partial charge on any atom is 0.269 e.